The quantitative estimate of drug-likeness (QED) is 0.686. The van der Waals surface area contributed by atoms with Crippen molar-refractivity contribution >= 4 is 40.4 Å². The van der Waals surface area contributed by atoms with Gasteiger partial charge >= 0.3 is 0 Å². The van der Waals surface area contributed by atoms with Crippen molar-refractivity contribution in [1.29, 1.82) is 0 Å². The number of hydrogen-bond acceptors (Lipinski definition) is 3. The Bertz CT molecular complexity index is 948. The van der Waals surface area contributed by atoms with Crippen LogP contribution in [0.4, 0.5) is 5.69 Å². The maximum atomic E-state index is 12.5. The lowest BCUT2D eigenvalue weighted by Gasteiger charge is -2.11. The number of thiophene rings is 1. The number of benzene rings is 2. The number of nitrogens with zero attached hydrogens (tertiary/aromatic N) is 1. The molecular formula is C20H17ClN2O2S. The molecule has 1 heterocycles. The van der Waals surface area contributed by atoms with Crippen molar-refractivity contribution in [3.63, 3.8) is 0 Å². The van der Waals surface area contributed by atoms with Crippen molar-refractivity contribution in [1.82, 2.24) is 4.90 Å². The molecule has 0 aliphatic carbocycles. The average molecular weight is 385 g/mol. The molecule has 0 aliphatic rings. The lowest BCUT2D eigenvalue weighted by molar-refractivity contribution is 0.0827. The van der Waals surface area contributed by atoms with E-state index in [1.54, 1.807) is 44.4 Å². The van der Waals surface area contributed by atoms with Gasteiger partial charge < -0.3 is 10.2 Å². The van der Waals surface area contributed by atoms with E-state index in [0.717, 1.165) is 10.4 Å². The molecule has 2 aromatic carbocycles. The van der Waals surface area contributed by atoms with Crippen molar-refractivity contribution in [3.8, 4) is 10.4 Å². The summed E-state index contributed by atoms with van der Waals surface area (Å²) in [4.78, 5) is 27.6. The molecule has 132 valence electrons. The normalized spacial score (nSPS) is 10.4. The van der Waals surface area contributed by atoms with E-state index in [4.69, 9.17) is 11.6 Å². The molecule has 26 heavy (non-hydrogen) atoms. The van der Waals surface area contributed by atoms with Crippen molar-refractivity contribution in [2.24, 2.45) is 0 Å². The molecule has 4 nitrogen and oxygen atoms in total. The molecule has 6 heteroatoms. The van der Waals surface area contributed by atoms with Gasteiger partial charge in [-0.05, 0) is 48.0 Å². The highest BCUT2D eigenvalue weighted by Gasteiger charge is 2.13. The topological polar surface area (TPSA) is 49.4 Å². The summed E-state index contributed by atoms with van der Waals surface area (Å²) >= 11 is 7.32. The molecule has 0 fully saturated rings. The van der Waals surface area contributed by atoms with Crippen molar-refractivity contribution in [2.75, 3.05) is 19.4 Å². The first-order valence-corrected chi connectivity index (χ1v) is 9.12. The zero-order chi connectivity index (χ0) is 18.7. The number of nitrogens with one attached hydrogen (secondary N) is 1. The number of hydrogen-bond donors (Lipinski definition) is 1. The van der Waals surface area contributed by atoms with Gasteiger partial charge in [-0.15, -0.1) is 11.3 Å². The van der Waals surface area contributed by atoms with Crippen LogP contribution in [0.5, 0.6) is 0 Å². The zero-order valence-corrected chi connectivity index (χ0v) is 15.9. The summed E-state index contributed by atoms with van der Waals surface area (Å²) < 4.78 is 0. The van der Waals surface area contributed by atoms with Gasteiger partial charge in [-0.1, -0.05) is 29.8 Å². The Kier molecular flexibility index (Phi) is 5.40. The molecule has 0 saturated heterocycles. The fraction of sp³-hybridized carbons (Fsp3) is 0.100. The number of carbonyl (C=O) groups is 2. The van der Waals surface area contributed by atoms with Crippen LogP contribution in [-0.2, 0) is 0 Å². The Morgan fingerprint density at radius 2 is 1.73 bits per heavy atom. The summed E-state index contributed by atoms with van der Waals surface area (Å²) in [7, 11) is 3.38. The predicted molar refractivity (Wildman–Crippen MR) is 107 cm³/mol. The van der Waals surface area contributed by atoms with E-state index >= 15 is 0 Å². The van der Waals surface area contributed by atoms with E-state index in [0.29, 0.717) is 21.2 Å². The second kappa shape index (κ2) is 7.72. The zero-order valence-electron chi connectivity index (χ0n) is 14.3. The van der Waals surface area contributed by atoms with Gasteiger partial charge in [0.2, 0.25) is 0 Å². The van der Waals surface area contributed by atoms with Crippen molar-refractivity contribution in [3.05, 3.63) is 76.1 Å². The van der Waals surface area contributed by atoms with Gasteiger partial charge in [-0.2, -0.15) is 0 Å². The third-order valence-corrected chi connectivity index (χ3v) is 5.12. The second-order valence-electron chi connectivity index (χ2n) is 5.91. The van der Waals surface area contributed by atoms with Crippen molar-refractivity contribution in [2.45, 2.75) is 0 Å². The standard InChI is InChI=1S/C20H17ClN2O2S/c1-23(2)20(25)14-4-3-5-16(12-14)22-19(24)18-11-10-17(26-18)13-6-8-15(21)9-7-13/h3-12H,1-2H3,(H,22,24). The average Bonchev–Trinajstić information content (AvgIpc) is 3.12. The number of amides is 2. The van der Waals surface area contributed by atoms with E-state index < -0.39 is 0 Å². The fourth-order valence-electron chi connectivity index (χ4n) is 2.41. The molecule has 0 spiro atoms. The third kappa shape index (κ3) is 4.12. The smallest absolute Gasteiger partial charge is 0.265 e. The molecule has 0 atom stereocenters. The molecule has 3 rings (SSSR count). The molecular weight excluding hydrogens is 368 g/mol. The molecule has 2 amide bonds. The highest BCUT2D eigenvalue weighted by Crippen LogP contribution is 2.29. The van der Waals surface area contributed by atoms with Crippen LogP contribution in [0, 0.1) is 0 Å². The van der Waals surface area contributed by atoms with Crippen LogP contribution in [0.15, 0.2) is 60.7 Å². The highest BCUT2D eigenvalue weighted by atomic mass is 35.5. The van der Waals surface area contributed by atoms with Crippen LogP contribution < -0.4 is 5.32 Å². The van der Waals surface area contributed by atoms with Crippen molar-refractivity contribution < 1.29 is 9.59 Å². The molecule has 0 saturated carbocycles. The first-order valence-electron chi connectivity index (χ1n) is 7.93. The lowest BCUT2D eigenvalue weighted by atomic mass is 10.2. The van der Waals surface area contributed by atoms with E-state index in [9.17, 15) is 9.59 Å². The SMILES string of the molecule is CN(C)C(=O)c1cccc(NC(=O)c2ccc(-c3ccc(Cl)cc3)s2)c1. The summed E-state index contributed by atoms with van der Waals surface area (Å²) in [5.41, 5.74) is 2.13. The predicted octanol–water partition coefficient (Wildman–Crippen LogP) is 5.02. The van der Waals surface area contributed by atoms with Gasteiger partial charge in [0.25, 0.3) is 11.8 Å². The van der Waals surface area contributed by atoms with E-state index in [1.165, 1.54) is 16.2 Å². The molecule has 1 aromatic heterocycles. The van der Waals surface area contributed by atoms with Gasteiger partial charge in [-0.25, -0.2) is 0 Å². The van der Waals surface area contributed by atoms with E-state index in [1.807, 2.05) is 30.3 Å². The Labute approximate surface area is 161 Å². The largest absolute Gasteiger partial charge is 0.345 e. The molecule has 1 N–H and O–H groups in total. The molecule has 0 unspecified atom stereocenters. The van der Waals surface area contributed by atoms with E-state index in [-0.39, 0.29) is 11.8 Å². The monoisotopic (exact) mass is 384 g/mol. The van der Waals surface area contributed by atoms with Gasteiger partial charge in [-0.3, -0.25) is 9.59 Å². The minimum Gasteiger partial charge on any atom is -0.345 e. The first kappa shape index (κ1) is 18.2. The summed E-state index contributed by atoms with van der Waals surface area (Å²) in [5.74, 6) is -0.313. The van der Waals surface area contributed by atoms with Crippen LogP contribution in [-0.4, -0.2) is 30.8 Å². The summed E-state index contributed by atoms with van der Waals surface area (Å²) in [5, 5.41) is 3.52. The molecule has 0 radical (unpaired) electrons. The Morgan fingerprint density at radius 1 is 1.00 bits per heavy atom. The van der Waals surface area contributed by atoms with E-state index in [2.05, 4.69) is 5.32 Å². The lowest BCUT2D eigenvalue weighted by Crippen LogP contribution is -2.21. The van der Waals surface area contributed by atoms with Gasteiger partial charge in [0, 0.05) is 35.2 Å². The maximum Gasteiger partial charge on any atom is 0.265 e. The van der Waals surface area contributed by atoms with Gasteiger partial charge in [0.1, 0.15) is 0 Å². The maximum absolute atomic E-state index is 12.5. The Balaban J connectivity index is 1.76. The number of rotatable bonds is 4. The fourth-order valence-corrected chi connectivity index (χ4v) is 3.44. The summed E-state index contributed by atoms with van der Waals surface area (Å²) in [6.45, 7) is 0. The minimum absolute atomic E-state index is 0.109. The Hall–Kier alpha value is -2.63. The minimum atomic E-state index is -0.204. The number of anilines is 1. The number of halogens is 1. The van der Waals surface area contributed by atoms with Crippen LogP contribution in [0.3, 0.4) is 0 Å². The number of carbonyl (C=O) groups excluding carboxylic acids is 2. The van der Waals surface area contributed by atoms with Gasteiger partial charge in [0.15, 0.2) is 0 Å². The molecule has 3 aromatic rings. The Morgan fingerprint density at radius 3 is 2.42 bits per heavy atom. The van der Waals surface area contributed by atoms with Crippen LogP contribution in [0.25, 0.3) is 10.4 Å². The van der Waals surface area contributed by atoms with Crippen LogP contribution in [0.1, 0.15) is 20.0 Å². The summed E-state index contributed by atoms with van der Waals surface area (Å²) in [6, 6.07) is 18.1. The van der Waals surface area contributed by atoms with Gasteiger partial charge in [0.05, 0.1) is 4.88 Å². The second-order valence-corrected chi connectivity index (χ2v) is 7.43. The molecule has 0 bridgehead atoms. The van der Waals surface area contributed by atoms with Crippen LogP contribution in [0.2, 0.25) is 5.02 Å². The first-order chi connectivity index (χ1) is 12.4. The van der Waals surface area contributed by atoms with Crippen LogP contribution >= 0.6 is 22.9 Å². The highest BCUT2D eigenvalue weighted by molar-refractivity contribution is 7.17. The molecule has 0 aliphatic heterocycles. The third-order valence-electron chi connectivity index (χ3n) is 3.73. The summed E-state index contributed by atoms with van der Waals surface area (Å²) in [6.07, 6.45) is 0.